The van der Waals surface area contributed by atoms with Crippen molar-refractivity contribution in [2.45, 2.75) is 0 Å². The molecule has 2 amide bonds. The van der Waals surface area contributed by atoms with Crippen LogP contribution in [0.3, 0.4) is 0 Å². The number of carbonyl (C=O) groups is 2. The maximum Gasteiger partial charge on any atom is 0.243 e. The molecule has 0 aliphatic heterocycles. The standard InChI is InChI=1S/C16H21N5O3/c1-24-10-8-17-11-15(22)18-12-16(23)20-13-3-5-14(6-4-13)21-9-2-7-19-21/h2-7,9,17H,8,10-12H2,1H3,(H,18,22)(H,20,23). The number of anilines is 1. The summed E-state index contributed by atoms with van der Waals surface area (Å²) < 4.78 is 6.58. The summed E-state index contributed by atoms with van der Waals surface area (Å²) >= 11 is 0. The molecular formula is C16H21N5O3. The van der Waals surface area contributed by atoms with Crippen LogP contribution >= 0.6 is 0 Å². The van der Waals surface area contributed by atoms with Crippen molar-refractivity contribution in [3.05, 3.63) is 42.7 Å². The van der Waals surface area contributed by atoms with Crippen molar-refractivity contribution < 1.29 is 14.3 Å². The minimum Gasteiger partial charge on any atom is -0.383 e. The molecular weight excluding hydrogens is 310 g/mol. The van der Waals surface area contributed by atoms with Gasteiger partial charge in [0.2, 0.25) is 11.8 Å². The first-order valence-corrected chi connectivity index (χ1v) is 7.55. The average Bonchev–Trinajstić information content (AvgIpc) is 3.12. The smallest absolute Gasteiger partial charge is 0.243 e. The zero-order valence-corrected chi connectivity index (χ0v) is 13.5. The van der Waals surface area contributed by atoms with Crippen molar-refractivity contribution in [1.29, 1.82) is 0 Å². The normalized spacial score (nSPS) is 10.4. The Balaban J connectivity index is 1.71. The Kier molecular flexibility index (Phi) is 6.93. The first-order chi connectivity index (χ1) is 11.7. The van der Waals surface area contributed by atoms with Gasteiger partial charge < -0.3 is 20.7 Å². The van der Waals surface area contributed by atoms with Gasteiger partial charge in [-0.2, -0.15) is 5.10 Å². The summed E-state index contributed by atoms with van der Waals surface area (Å²) in [7, 11) is 1.59. The summed E-state index contributed by atoms with van der Waals surface area (Å²) in [5.41, 5.74) is 1.55. The second-order valence-corrected chi connectivity index (χ2v) is 4.99. The van der Waals surface area contributed by atoms with E-state index in [0.29, 0.717) is 18.8 Å². The molecule has 0 aliphatic carbocycles. The second-order valence-electron chi connectivity index (χ2n) is 4.99. The van der Waals surface area contributed by atoms with Gasteiger partial charge in [-0.25, -0.2) is 4.68 Å². The molecule has 0 fully saturated rings. The lowest BCUT2D eigenvalue weighted by Gasteiger charge is -2.08. The number of carbonyl (C=O) groups excluding carboxylic acids is 2. The highest BCUT2D eigenvalue weighted by Crippen LogP contribution is 2.12. The zero-order valence-electron chi connectivity index (χ0n) is 13.5. The summed E-state index contributed by atoms with van der Waals surface area (Å²) in [6.45, 7) is 1.18. The van der Waals surface area contributed by atoms with Crippen molar-refractivity contribution in [2.75, 3.05) is 38.7 Å². The zero-order chi connectivity index (χ0) is 17.2. The van der Waals surface area contributed by atoms with Gasteiger partial charge in [0.05, 0.1) is 25.4 Å². The second kappa shape index (κ2) is 9.43. The molecule has 1 heterocycles. The Labute approximate surface area is 140 Å². The Morgan fingerprint density at radius 3 is 2.62 bits per heavy atom. The van der Waals surface area contributed by atoms with Gasteiger partial charge >= 0.3 is 0 Å². The van der Waals surface area contributed by atoms with E-state index in [4.69, 9.17) is 4.74 Å². The Bertz CT molecular complexity index is 640. The first kappa shape index (κ1) is 17.6. The minimum atomic E-state index is -0.285. The van der Waals surface area contributed by atoms with E-state index in [0.717, 1.165) is 5.69 Å². The van der Waals surface area contributed by atoms with Crippen LogP contribution in [-0.2, 0) is 14.3 Å². The van der Waals surface area contributed by atoms with E-state index in [-0.39, 0.29) is 24.9 Å². The fourth-order valence-corrected chi connectivity index (χ4v) is 1.94. The van der Waals surface area contributed by atoms with Gasteiger partial charge in [0.1, 0.15) is 0 Å². The van der Waals surface area contributed by atoms with E-state index in [9.17, 15) is 9.59 Å². The van der Waals surface area contributed by atoms with E-state index in [1.54, 1.807) is 30.1 Å². The Morgan fingerprint density at radius 2 is 1.96 bits per heavy atom. The Hall–Kier alpha value is -2.71. The number of hydrogen-bond acceptors (Lipinski definition) is 5. The molecule has 0 radical (unpaired) electrons. The largest absolute Gasteiger partial charge is 0.383 e. The number of benzene rings is 1. The van der Waals surface area contributed by atoms with Crippen LogP contribution in [0.25, 0.3) is 5.69 Å². The van der Waals surface area contributed by atoms with Crippen LogP contribution in [0.1, 0.15) is 0 Å². The van der Waals surface area contributed by atoms with Crippen molar-refractivity contribution in [3.8, 4) is 5.69 Å². The van der Waals surface area contributed by atoms with Crippen molar-refractivity contribution >= 4 is 17.5 Å². The van der Waals surface area contributed by atoms with Crippen molar-refractivity contribution in [3.63, 3.8) is 0 Å². The number of ether oxygens (including phenoxy) is 1. The molecule has 0 saturated heterocycles. The van der Waals surface area contributed by atoms with Crippen LogP contribution in [-0.4, -0.2) is 54.9 Å². The topological polar surface area (TPSA) is 97.3 Å². The molecule has 0 aliphatic rings. The third kappa shape index (κ3) is 5.82. The van der Waals surface area contributed by atoms with Gasteiger partial charge in [-0.05, 0) is 30.3 Å². The van der Waals surface area contributed by atoms with Crippen LogP contribution in [0.2, 0.25) is 0 Å². The summed E-state index contributed by atoms with van der Waals surface area (Å²) in [6, 6.07) is 9.09. The molecule has 0 bridgehead atoms. The van der Waals surface area contributed by atoms with Crippen LogP contribution in [0.5, 0.6) is 0 Å². The van der Waals surface area contributed by atoms with E-state index < -0.39 is 0 Å². The van der Waals surface area contributed by atoms with Gasteiger partial charge in [0, 0.05) is 31.7 Å². The van der Waals surface area contributed by atoms with E-state index in [1.807, 2.05) is 24.4 Å². The third-order valence-electron chi connectivity index (χ3n) is 3.13. The average molecular weight is 331 g/mol. The summed E-state index contributed by atoms with van der Waals surface area (Å²) in [5.74, 6) is -0.526. The monoisotopic (exact) mass is 331 g/mol. The predicted octanol–water partition coefficient (Wildman–Crippen LogP) is 0.163. The molecule has 24 heavy (non-hydrogen) atoms. The van der Waals surface area contributed by atoms with Gasteiger partial charge in [-0.1, -0.05) is 0 Å². The molecule has 8 nitrogen and oxygen atoms in total. The van der Waals surface area contributed by atoms with Gasteiger partial charge in [-0.3, -0.25) is 9.59 Å². The van der Waals surface area contributed by atoms with Crippen molar-refractivity contribution in [1.82, 2.24) is 20.4 Å². The molecule has 1 aromatic carbocycles. The molecule has 0 saturated carbocycles. The van der Waals surface area contributed by atoms with Crippen molar-refractivity contribution in [2.24, 2.45) is 0 Å². The highest BCUT2D eigenvalue weighted by atomic mass is 16.5. The molecule has 0 atom stereocenters. The van der Waals surface area contributed by atoms with Gasteiger partial charge in [0.25, 0.3) is 0 Å². The number of nitrogens with zero attached hydrogens (tertiary/aromatic N) is 2. The number of amides is 2. The lowest BCUT2D eigenvalue weighted by Crippen LogP contribution is -2.39. The van der Waals surface area contributed by atoms with Crippen LogP contribution in [0, 0.1) is 0 Å². The molecule has 8 heteroatoms. The molecule has 3 N–H and O–H groups in total. The molecule has 0 spiro atoms. The minimum absolute atomic E-state index is 0.0777. The molecule has 2 rings (SSSR count). The fraction of sp³-hybridized carbons (Fsp3) is 0.312. The van der Waals surface area contributed by atoms with E-state index in [1.165, 1.54) is 0 Å². The molecule has 1 aromatic heterocycles. The molecule has 0 unspecified atom stereocenters. The number of aromatic nitrogens is 2. The quantitative estimate of drug-likeness (QED) is 0.569. The van der Waals surface area contributed by atoms with Gasteiger partial charge in [0.15, 0.2) is 0 Å². The first-order valence-electron chi connectivity index (χ1n) is 7.55. The molecule has 128 valence electrons. The van der Waals surface area contributed by atoms with E-state index in [2.05, 4.69) is 21.0 Å². The predicted molar refractivity (Wildman–Crippen MR) is 89.9 cm³/mol. The highest BCUT2D eigenvalue weighted by Gasteiger charge is 2.06. The summed E-state index contributed by atoms with van der Waals surface area (Å²) in [6.07, 6.45) is 3.53. The van der Waals surface area contributed by atoms with E-state index >= 15 is 0 Å². The number of hydrogen-bond donors (Lipinski definition) is 3. The summed E-state index contributed by atoms with van der Waals surface area (Å²) in [5, 5.41) is 12.3. The van der Waals surface area contributed by atoms with Crippen LogP contribution < -0.4 is 16.0 Å². The maximum atomic E-state index is 11.8. The summed E-state index contributed by atoms with van der Waals surface area (Å²) in [4.78, 5) is 23.4. The van der Waals surface area contributed by atoms with Gasteiger partial charge in [-0.15, -0.1) is 0 Å². The number of rotatable bonds is 9. The fourth-order valence-electron chi connectivity index (χ4n) is 1.94. The SMILES string of the molecule is COCCNCC(=O)NCC(=O)Nc1ccc(-n2cccn2)cc1. The third-order valence-corrected chi connectivity index (χ3v) is 3.13. The number of methoxy groups -OCH3 is 1. The van der Waals surface area contributed by atoms with Crippen LogP contribution in [0.4, 0.5) is 5.69 Å². The van der Waals surface area contributed by atoms with Crippen LogP contribution in [0.15, 0.2) is 42.7 Å². The lowest BCUT2D eigenvalue weighted by molar-refractivity contribution is -0.123. The molecule has 2 aromatic rings. The lowest BCUT2D eigenvalue weighted by atomic mass is 10.3. The Morgan fingerprint density at radius 1 is 1.17 bits per heavy atom. The number of nitrogens with one attached hydrogen (secondary N) is 3. The highest BCUT2D eigenvalue weighted by molar-refractivity contribution is 5.94. The maximum absolute atomic E-state index is 11.8.